The van der Waals surface area contributed by atoms with Gasteiger partial charge in [-0.05, 0) is 36.7 Å². The van der Waals surface area contributed by atoms with E-state index in [1.165, 1.54) is 18.2 Å². The van der Waals surface area contributed by atoms with Gasteiger partial charge >= 0.3 is 6.18 Å². The zero-order valence-electron chi connectivity index (χ0n) is 9.92. The first kappa shape index (κ1) is 15.6. The molecular weight excluding hydrogens is 382 g/mol. The van der Waals surface area contributed by atoms with E-state index in [1.807, 2.05) is 0 Å². The fourth-order valence-electron chi connectivity index (χ4n) is 1.78. The molecule has 2 rings (SSSR count). The summed E-state index contributed by atoms with van der Waals surface area (Å²) in [4.78, 5) is 3.54. The number of aromatic nitrogens is 3. The zero-order valence-corrected chi connectivity index (χ0v) is 13.0. The smallest absolute Gasteiger partial charge is 0.217 e. The van der Waals surface area contributed by atoms with Gasteiger partial charge in [-0.25, -0.2) is 9.67 Å². The van der Waals surface area contributed by atoms with Crippen LogP contribution in [-0.4, -0.2) is 20.9 Å². The van der Waals surface area contributed by atoms with E-state index in [-0.39, 0.29) is 20.3 Å². The first-order valence-electron chi connectivity index (χ1n) is 5.26. The maximum absolute atomic E-state index is 13.6. The summed E-state index contributed by atoms with van der Waals surface area (Å²) in [6.45, 7) is 0.962. The average Bonchev–Trinajstić information content (AvgIpc) is 2.76. The third kappa shape index (κ3) is 2.42. The van der Waals surface area contributed by atoms with E-state index >= 15 is 0 Å². The molecule has 20 heavy (non-hydrogen) atoms. The summed E-state index contributed by atoms with van der Waals surface area (Å²) in [6.07, 6.45) is -3.69. The van der Waals surface area contributed by atoms with Crippen LogP contribution in [0.5, 0.6) is 0 Å². The molecule has 0 aliphatic rings. The molecule has 1 unspecified atom stereocenters. The summed E-state index contributed by atoms with van der Waals surface area (Å²) in [5, 5.41) is 3.40. The summed E-state index contributed by atoms with van der Waals surface area (Å²) >= 11 is 14.6. The van der Waals surface area contributed by atoms with E-state index in [0.717, 1.165) is 13.3 Å². The standard InChI is InChI=1S/C11H7BrCl2F3N3/c1-10(11(15,16)17,20-9(14)18-5-19-20)7-4-6(13)2-3-8(7)12/h2-5H,1H3. The number of hydrogen-bond acceptors (Lipinski definition) is 2. The molecule has 0 bridgehead atoms. The van der Waals surface area contributed by atoms with Crippen LogP contribution in [-0.2, 0) is 5.54 Å². The van der Waals surface area contributed by atoms with Crippen molar-refractivity contribution in [1.82, 2.24) is 14.8 Å². The molecule has 1 atom stereocenters. The third-order valence-corrected chi connectivity index (χ3v) is 4.12. The first-order chi connectivity index (χ1) is 9.18. The van der Waals surface area contributed by atoms with Crippen LogP contribution in [0, 0.1) is 0 Å². The Hall–Kier alpha value is -0.790. The molecule has 1 aromatic carbocycles. The Labute approximate surface area is 130 Å². The quantitative estimate of drug-likeness (QED) is 0.748. The monoisotopic (exact) mass is 387 g/mol. The second kappa shape index (κ2) is 5.20. The number of rotatable bonds is 2. The van der Waals surface area contributed by atoms with Gasteiger partial charge in [-0.15, -0.1) is 0 Å². The van der Waals surface area contributed by atoms with Crippen molar-refractivity contribution >= 4 is 39.1 Å². The molecule has 0 N–H and O–H groups in total. The molecule has 1 heterocycles. The molecular formula is C11H7BrCl2F3N3. The lowest BCUT2D eigenvalue weighted by atomic mass is 9.91. The van der Waals surface area contributed by atoms with Crippen LogP contribution in [0.2, 0.25) is 10.3 Å². The fourth-order valence-corrected chi connectivity index (χ4v) is 2.85. The minimum atomic E-state index is -4.66. The number of benzene rings is 1. The Balaban J connectivity index is 2.78. The molecule has 3 nitrogen and oxygen atoms in total. The molecule has 0 fully saturated rings. The molecule has 0 saturated carbocycles. The maximum atomic E-state index is 13.6. The van der Waals surface area contributed by atoms with Gasteiger partial charge in [0.25, 0.3) is 0 Å². The molecule has 0 aliphatic carbocycles. The normalized spacial score (nSPS) is 15.2. The van der Waals surface area contributed by atoms with Gasteiger partial charge in [-0.3, -0.25) is 0 Å². The number of alkyl halides is 3. The summed E-state index contributed by atoms with van der Waals surface area (Å²) in [7, 11) is 0. The average molecular weight is 389 g/mol. The molecule has 2 aromatic rings. The fraction of sp³-hybridized carbons (Fsp3) is 0.273. The number of hydrogen-bond donors (Lipinski definition) is 0. The first-order valence-corrected chi connectivity index (χ1v) is 6.81. The lowest BCUT2D eigenvalue weighted by molar-refractivity contribution is -0.197. The lowest BCUT2D eigenvalue weighted by Gasteiger charge is -2.33. The van der Waals surface area contributed by atoms with Gasteiger partial charge in [0.1, 0.15) is 6.33 Å². The highest BCUT2D eigenvalue weighted by molar-refractivity contribution is 9.10. The van der Waals surface area contributed by atoms with Gasteiger partial charge in [-0.2, -0.15) is 18.3 Å². The highest BCUT2D eigenvalue weighted by atomic mass is 79.9. The van der Waals surface area contributed by atoms with E-state index in [0.29, 0.717) is 4.68 Å². The van der Waals surface area contributed by atoms with Crippen molar-refractivity contribution in [2.24, 2.45) is 0 Å². The Bertz CT molecular complexity index is 644. The molecule has 0 radical (unpaired) electrons. The summed E-state index contributed by atoms with van der Waals surface area (Å²) in [5.74, 6) is 0. The van der Waals surface area contributed by atoms with Crippen molar-refractivity contribution in [2.45, 2.75) is 18.6 Å². The number of nitrogens with zero attached hydrogens (tertiary/aromatic N) is 3. The van der Waals surface area contributed by atoms with E-state index in [9.17, 15) is 13.2 Å². The summed E-state index contributed by atoms with van der Waals surface area (Å²) in [6, 6.07) is 4.14. The summed E-state index contributed by atoms with van der Waals surface area (Å²) < 4.78 is 41.8. The van der Waals surface area contributed by atoms with Crippen LogP contribution in [0.15, 0.2) is 29.0 Å². The highest BCUT2D eigenvalue weighted by Gasteiger charge is 2.56. The SMILES string of the molecule is CC(c1cc(Cl)ccc1Br)(n1ncnc1Cl)C(F)(F)F. The maximum Gasteiger partial charge on any atom is 0.417 e. The van der Waals surface area contributed by atoms with Crippen molar-refractivity contribution in [3.8, 4) is 0 Å². The summed E-state index contributed by atoms with van der Waals surface area (Å²) in [5.41, 5.74) is -2.60. The minimum Gasteiger partial charge on any atom is -0.217 e. The van der Waals surface area contributed by atoms with Gasteiger partial charge < -0.3 is 0 Å². The second-order valence-corrected chi connectivity index (χ2v) is 5.76. The largest absolute Gasteiger partial charge is 0.417 e. The number of halogens is 6. The van der Waals surface area contributed by atoms with Crippen LogP contribution in [0.1, 0.15) is 12.5 Å². The van der Waals surface area contributed by atoms with Gasteiger partial charge in [-0.1, -0.05) is 27.5 Å². The highest BCUT2D eigenvalue weighted by Crippen LogP contribution is 2.45. The van der Waals surface area contributed by atoms with Gasteiger partial charge in [0.15, 0.2) is 5.54 Å². The molecule has 0 aliphatic heterocycles. The van der Waals surface area contributed by atoms with E-state index in [2.05, 4.69) is 26.0 Å². The second-order valence-electron chi connectivity index (χ2n) is 4.14. The molecule has 9 heteroatoms. The van der Waals surface area contributed by atoms with Gasteiger partial charge in [0.2, 0.25) is 5.28 Å². The van der Waals surface area contributed by atoms with E-state index in [1.54, 1.807) is 0 Å². The van der Waals surface area contributed by atoms with Crippen LogP contribution >= 0.6 is 39.1 Å². The zero-order chi connectivity index (χ0) is 15.1. The lowest BCUT2D eigenvalue weighted by Crippen LogP contribution is -2.47. The molecule has 0 spiro atoms. The predicted octanol–water partition coefficient (Wildman–Crippen LogP) is 4.67. The van der Waals surface area contributed by atoms with Crippen molar-refractivity contribution in [3.05, 3.63) is 44.9 Å². The van der Waals surface area contributed by atoms with Crippen LogP contribution in [0.3, 0.4) is 0 Å². The molecule has 1 aromatic heterocycles. The predicted molar refractivity (Wildman–Crippen MR) is 73.0 cm³/mol. The van der Waals surface area contributed by atoms with E-state index < -0.39 is 11.7 Å². The Morgan fingerprint density at radius 2 is 1.90 bits per heavy atom. The van der Waals surface area contributed by atoms with E-state index in [4.69, 9.17) is 23.2 Å². The van der Waals surface area contributed by atoms with Crippen molar-refractivity contribution < 1.29 is 13.2 Å². The van der Waals surface area contributed by atoms with Crippen LogP contribution < -0.4 is 0 Å². The Morgan fingerprint density at radius 3 is 2.40 bits per heavy atom. The topological polar surface area (TPSA) is 30.7 Å². The third-order valence-electron chi connectivity index (χ3n) is 2.93. The van der Waals surface area contributed by atoms with Crippen molar-refractivity contribution in [2.75, 3.05) is 0 Å². The van der Waals surface area contributed by atoms with Crippen molar-refractivity contribution in [1.29, 1.82) is 0 Å². The van der Waals surface area contributed by atoms with Crippen molar-refractivity contribution in [3.63, 3.8) is 0 Å². The Kier molecular flexibility index (Phi) is 4.05. The minimum absolute atomic E-state index is 0.107. The van der Waals surface area contributed by atoms with Gasteiger partial charge in [0.05, 0.1) is 0 Å². The molecule has 108 valence electrons. The van der Waals surface area contributed by atoms with Crippen LogP contribution in [0.4, 0.5) is 13.2 Å². The van der Waals surface area contributed by atoms with Gasteiger partial charge in [0, 0.05) is 15.1 Å². The molecule has 0 saturated heterocycles. The molecule has 0 amide bonds. The Morgan fingerprint density at radius 1 is 1.25 bits per heavy atom. The van der Waals surface area contributed by atoms with Crippen LogP contribution in [0.25, 0.3) is 0 Å².